The van der Waals surface area contributed by atoms with Crippen molar-refractivity contribution < 1.29 is 0 Å². The summed E-state index contributed by atoms with van der Waals surface area (Å²) >= 11 is 8.54. The number of nitrogens with one attached hydrogen (secondary N) is 1. The smallest absolute Gasteiger partial charge is 0.0542 e. The second kappa shape index (κ2) is 11.7. The molecule has 0 heterocycles. The molecule has 120 valence electrons. The van der Waals surface area contributed by atoms with Crippen LogP contribution in [0.15, 0.2) is 18.2 Å². The van der Waals surface area contributed by atoms with Crippen molar-refractivity contribution in [1.82, 2.24) is 5.32 Å². The van der Waals surface area contributed by atoms with E-state index in [2.05, 4.69) is 60.0 Å². The third kappa shape index (κ3) is 7.85. The standard InChI is InChI=1S/C18H29ClIN/c1-3-5-6-7-8-9-10-11-18(21-4-2)15-12-13-17(20)16(19)14-15/h12-14,18,21H,3-11H2,1-2H3. The fraction of sp³-hybridized carbons (Fsp3) is 0.667. The summed E-state index contributed by atoms with van der Waals surface area (Å²) in [4.78, 5) is 0. The Morgan fingerprint density at radius 1 is 1.05 bits per heavy atom. The first-order valence-corrected chi connectivity index (χ1v) is 9.83. The molecular formula is C18H29ClIN. The SMILES string of the molecule is CCCCCCCCCC(NCC)c1ccc(I)c(Cl)c1. The molecule has 0 saturated carbocycles. The average molecular weight is 422 g/mol. The second-order valence-electron chi connectivity index (χ2n) is 5.69. The summed E-state index contributed by atoms with van der Waals surface area (Å²) in [5.41, 5.74) is 1.33. The van der Waals surface area contributed by atoms with Crippen molar-refractivity contribution in [2.45, 2.75) is 71.3 Å². The lowest BCUT2D eigenvalue weighted by Crippen LogP contribution is -2.20. The number of hydrogen-bond acceptors (Lipinski definition) is 1. The number of benzene rings is 1. The third-order valence-electron chi connectivity index (χ3n) is 3.89. The van der Waals surface area contributed by atoms with Crippen molar-refractivity contribution in [3.05, 3.63) is 32.4 Å². The Hall–Kier alpha value is 0.200. The van der Waals surface area contributed by atoms with Crippen molar-refractivity contribution in [2.75, 3.05) is 6.54 Å². The largest absolute Gasteiger partial charge is 0.310 e. The van der Waals surface area contributed by atoms with E-state index in [0.29, 0.717) is 6.04 Å². The van der Waals surface area contributed by atoms with Gasteiger partial charge < -0.3 is 5.32 Å². The summed E-state index contributed by atoms with van der Waals surface area (Å²) in [6.07, 6.45) is 10.8. The molecule has 0 bridgehead atoms. The number of unbranched alkanes of at least 4 members (excludes halogenated alkanes) is 6. The highest BCUT2D eigenvalue weighted by atomic mass is 127. The molecule has 1 nitrogen and oxygen atoms in total. The van der Waals surface area contributed by atoms with E-state index in [-0.39, 0.29) is 0 Å². The van der Waals surface area contributed by atoms with Crippen LogP contribution in [0.3, 0.4) is 0 Å². The molecule has 1 rings (SSSR count). The molecule has 3 heteroatoms. The zero-order valence-corrected chi connectivity index (χ0v) is 16.3. The molecular weight excluding hydrogens is 393 g/mol. The summed E-state index contributed by atoms with van der Waals surface area (Å²) in [7, 11) is 0. The molecule has 1 atom stereocenters. The average Bonchev–Trinajstić information content (AvgIpc) is 2.48. The predicted octanol–water partition coefficient (Wildman–Crippen LogP) is 6.74. The van der Waals surface area contributed by atoms with Gasteiger partial charge in [-0.2, -0.15) is 0 Å². The Bertz CT molecular complexity index is 395. The summed E-state index contributed by atoms with van der Waals surface area (Å²) < 4.78 is 1.13. The van der Waals surface area contributed by atoms with Gasteiger partial charge in [-0.15, -0.1) is 0 Å². The van der Waals surface area contributed by atoms with Gasteiger partial charge in [-0.05, 0) is 53.3 Å². The van der Waals surface area contributed by atoms with Crippen LogP contribution in [0.5, 0.6) is 0 Å². The predicted molar refractivity (Wildman–Crippen MR) is 103 cm³/mol. The van der Waals surface area contributed by atoms with Crippen molar-refractivity contribution in [3.8, 4) is 0 Å². The molecule has 0 aliphatic carbocycles. The highest BCUT2D eigenvalue weighted by Gasteiger charge is 2.11. The van der Waals surface area contributed by atoms with E-state index in [0.717, 1.165) is 15.1 Å². The molecule has 1 unspecified atom stereocenters. The molecule has 1 aromatic carbocycles. The number of rotatable bonds is 11. The van der Waals surface area contributed by atoms with E-state index in [4.69, 9.17) is 11.6 Å². The summed E-state index contributed by atoms with van der Waals surface area (Å²) in [5.74, 6) is 0. The van der Waals surface area contributed by atoms with Crippen molar-refractivity contribution in [1.29, 1.82) is 0 Å². The Balaban J connectivity index is 2.37. The Morgan fingerprint density at radius 2 is 1.71 bits per heavy atom. The maximum atomic E-state index is 6.26. The monoisotopic (exact) mass is 421 g/mol. The van der Waals surface area contributed by atoms with Crippen molar-refractivity contribution in [2.24, 2.45) is 0 Å². The van der Waals surface area contributed by atoms with Crippen LogP contribution in [0.4, 0.5) is 0 Å². The molecule has 0 spiro atoms. The molecule has 0 amide bonds. The summed E-state index contributed by atoms with van der Waals surface area (Å²) in [5, 5.41) is 4.47. The highest BCUT2D eigenvalue weighted by Crippen LogP contribution is 2.26. The van der Waals surface area contributed by atoms with E-state index in [9.17, 15) is 0 Å². The van der Waals surface area contributed by atoms with Gasteiger partial charge in [0.2, 0.25) is 0 Å². The van der Waals surface area contributed by atoms with E-state index >= 15 is 0 Å². The normalized spacial score (nSPS) is 12.6. The lowest BCUT2D eigenvalue weighted by atomic mass is 9.99. The zero-order valence-electron chi connectivity index (χ0n) is 13.4. The van der Waals surface area contributed by atoms with Crippen LogP contribution in [0, 0.1) is 3.57 Å². The maximum absolute atomic E-state index is 6.26. The fourth-order valence-corrected chi connectivity index (χ4v) is 3.19. The second-order valence-corrected chi connectivity index (χ2v) is 7.26. The van der Waals surface area contributed by atoms with Gasteiger partial charge in [0.15, 0.2) is 0 Å². The van der Waals surface area contributed by atoms with E-state index in [1.54, 1.807) is 0 Å². The highest BCUT2D eigenvalue weighted by molar-refractivity contribution is 14.1. The molecule has 0 saturated heterocycles. The van der Waals surface area contributed by atoms with Gasteiger partial charge in [0, 0.05) is 9.61 Å². The van der Waals surface area contributed by atoms with E-state index in [1.807, 2.05) is 0 Å². The van der Waals surface area contributed by atoms with Gasteiger partial charge in [-0.3, -0.25) is 0 Å². The molecule has 1 aromatic rings. The lowest BCUT2D eigenvalue weighted by molar-refractivity contribution is 0.475. The van der Waals surface area contributed by atoms with E-state index < -0.39 is 0 Å². The molecule has 0 aliphatic rings. The van der Waals surface area contributed by atoms with Crippen LogP contribution >= 0.6 is 34.2 Å². The minimum absolute atomic E-state index is 0.445. The lowest BCUT2D eigenvalue weighted by Gasteiger charge is -2.19. The van der Waals surface area contributed by atoms with Crippen molar-refractivity contribution >= 4 is 34.2 Å². The molecule has 0 radical (unpaired) electrons. The van der Waals surface area contributed by atoms with E-state index in [1.165, 1.54) is 56.9 Å². The Kier molecular flexibility index (Phi) is 10.7. The molecule has 1 N–H and O–H groups in total. The van der Waals surface area contributed by atoms with Crippen LogP contribution in [0.2, 0.25) is 5.02 Å². The first-order chi connectivity index (χ1) is 10.2. The van der Waals surface area contributed by atoms with Crippen LogP contribution in [-0.2, 0) is 0 Å². The van der Waals surface area contributed by atoms with Gasteiger partial charge in [0.1, 0.15) is 0 Å². The van der Waals surface area contributed by atoms with Crippen LogP contribution in [-0.4, -0.2) is 6.54 Å². The van der Waals surface area contributed by atoms with Gasteiger partial charge in [0.25, 0.3) is 0 Å². The minimum Gasteiger partial charge on any atom is -0.310 e. The molecule has 0 fully saturated rings. The molecule has 0 aliphatic heterocycles. The van der Waals surface area contributed by atoms with Crippen LogP contribution < -0.4 is 5.32 Å². The van der Waals surface area contributed by atoms with Crippen molar-refractivity contribution in [3.63, 3.8) is 0 Å². The minimum atomic E-state index is 0.445. The Labute approximate surface area is 149 Å². The van der Waals surface area contributed by atoms with Crippen LogP contribution in [0.25, 0.3) is 0 Å². The summed E-state index contributed by atoms with van der Waals surface area (Å²) in [6.45, 7) is 5.45. The fourth-order valence-electron chi connectivity index (χ4n) is 2.67. The molecule has 0 aromatic heterocycles. The number of halogens is 2. The summed E-state index contributed by atoms with van der Waals surface area (Å²) in [6, 6.07) is 6.90. The quantitative estimate of drug-likeness (QED) is 0.308. The first kappa shape index (κ1) is 19.2. The zero-order chi connectivity index (χ0) is 15.5. The Morgan fingerprint density at radius 3 is 2.33 bits per heavy atom. The third-order valence-corrected chi connectivity index (χ3v) is 5.47. The number of hydrogen-bond donors (Lipinski definition) is 1. The topological polar surface area (TPSA) is 12.0 Å². The van der Waals surface area contributed by atoms with Gasteiger partial charge in [-0.1, -0.05) is 76.5 Å². The molecule has 21 heavy (non-hydrogen) atoms. The first-order valence-electron chi connectivity index (χ1n) is 8.37. The maximum Gasteiger partial charge on any atom is 0.0542 e. The van der Waals surface area contributed by atoms with Gasteiger partial charge in [0.05, 0.1) is 5.02 Å². The van der Waals surface area contributed by atoms with Gasteiger partial charge >= 0.3 is 0 Å². The van der Waals surface area contributed by atoms with Gasteiger partial charge in [-0.25, -0.2) is 0 Å². The van der Waals surface area contributed by atoms with Crippen LogP contribution in [0.1, 0.15) is 76.8 Å².